The van der Waals surface area contributed by atoms with E-state index in [2.05, 4.69) is 27.5 Å². The van der Waals surface area contributed by atoms with Crippen LogP contribution in [-0.4, -0.2) is 33.1 Å². The molecule has 0 unspecified atom stereocenters. The first-order valence-corrected chi connectivity index (χ1v) is 11.7. The number of hydrogen-bond donors (Lipinski definition) is 1. The van der Waals surface area contributed by atoms with Crippen molar-refractivity contribution in [1.82, 2.24) is 19.9 Å². The topological polar surface area (TPSA) is 79.6 Å². The first kappa shape index (κ1) is 20.6. The molecular weight excluding hydrogens is 426 g/mol. The first-order valence-electron chi connectivity index (χ1n) is 11.7. The third-order valence-electron chi connectivity index (χ3n) is 6.86. The Hall–Kier alpha value is -4.00. The average molecular weight is 452 g/mol. The third-order valence-corrected chi connectivity index (χ3v) is 6.86. The van der Waals surface area contributed by atoms with Crippen molar-refractivity contribution in [2.75, 3.05) is 11.4 Å². The third kappa shape index (κ3) is 3.63. The molecule has 6 rings (SSSR count). The van der Waals surface area contributed by atoms with Crippen molar-refractivity contribution < 1.29 is 4.79 Å². The predicted molar refractivity (Wildman–Crippen MR) is 131 cm³/mol. The maximum absolute atomic E-state index is 13.3. The van der Waals surface area contributed by atoms with Crippen LogP contribution in [0.4, 0.5) is 5.82 Å². The molecule has 0 spiro atoms. The fourth-order valence-electron chi connectivity index (χ4n) is 4.90. The SMILES string of the molecule is O=C(NC1(c2ccccc2)CC1)[C@H]1CCCN1c1ccc2nc(-c3ccccc3)cc(=O)n2n1. The summed E-state index contributed by atoms with van der Waals surface area (Å²) in [6.45, 7) is 0.721. The van der Waals surface area contributed by atoms with Gasteiger partial charge in [-0.3, -0.25) is 9.59 Å². The van der Waals surface area contributed by atoms with Gasteiger partial charge in [0, 0.05) is 18.2 Å². The lowest BCUT2D eigenvalue weighted by Gasteiger charge is -2.27. The molecule has 170 valence electrons. The molecular formula is C27H25N5O2. The fraction of sp³-hybridized carbons (Fsp3) is 0.259. The van der Waals surface area contributed by atoms with E-state index in [1.165, 1.54) is 10.6 Å². The van der Waals surface area contributed by atoms with Crippen molar-refractivity contribution in [3.05, 3.63) is 94.8 Å². The molecule has 0 bridgehead atoms. The smallest absolute Gasteiger partial charge is 0.275 e. The van der Waals surface area contributed by atoms with Crippen molar-refractivity contribution in [3.8, 4) is 11.3 Å². The Morgan fingerprint density at radius 1 is 0.971 bits per heavy atom. The maximum atomic E-state index is 13.3. The van der Waals surface area contributed by atoms with E-state index >= 15 is 0 Å². The molecule has 0 radical (unpaired) electrons. The number of aromatic nitrogens is 3. The molecule has 7 heteroatoms. The molecule has 4 aromatic rings. The van der Waals surface area contributed by atoms with Crippen LogP contribution in [0.2, 0.25) is 0 Å². The van der Waals surface area contributed by atoms with Gasteiger partial charge in [-0.2, -0.15) is 4.52 Å². The lowest BCUT2D eigenvalue weighted by Crippen LogP contribution is -2.47. The monoisotopic (exact) mass is 451 g/mol. The molecule has 7 nitrogen and oxygen atoms in total. The van der Waals surface area contributed by atoms with E-state index in [4.69, 9.17) is 0 Å². The van der Waals surface area contributed by atoms with Gasteiger partial charge in [-0.25, -0.2) is 4.98 Å². The summed E-state index contributed by atoms with van der Waals surface area (Å²) in [4.78, 5) is 32.8. The number of amides is 1. The molecule has 1 saturated heterocycles. The standard InChI is InChI=1S/C27H25N5O2/c33-25-18-21(19-8-3-1-4-9-19)28-23-13-14-24(30-32(23)25)31-17-7-12-22(31)26(34)29-27(15-16-27)20-10-5-2-6-11-20/h1-6,8-11,13-14,18,22H,7,12,15-17H2,(H,29,34)/t22-/m1/s1. The number of anilines is 1. The minimum Gasteiger partial charge on any atom is -0.345 e. The van der Waals surface area contributed by atoms with Crippen LogP contribution in [0, 0.1) is 0 Å². The van der Waals surface area contributed by atoms with Gasteiger partial charge in [-0.1, -0.05) is 60.7 Å². The van der Waals surface area contributed by atoms with E-state index in [1.54, 1.807) is 6.07 Å². The Morgan fingerprint density at radius 2 is 1.71 bits per heavy atom. The highest BCUT2D eigenvalue weighted by Gasteiger charge is 2.47. The van der Waals surface area contributed by atoms with Gasteiger partial charge in [0.25, 0.3) is 5.56 Å². The lowest BCUT2D eigenvalue weighted by atomic mass is 10.0. The van der Waals surface area contributed by atoms with Crippen LogP contribution in [0.5, 0.6) is 0 Å². The summed E-state index contributed by atoms with van der Waals surface area (Å²) in [5.74, 6) is 0.636. The summed E-state index contributed by atoms with van der Waals surface area (Å²) in [6, 6.07) is 24.6. The molecule has 1 aliphatic heterocycles. The predicted octanol–water partition coefficient (Wildman–Crippen LogP) is 3.53. The summed E-state index contributed by atoms with van der Waals surface area (Å²) in [7, 11) is 0. The number of carbonyl (C=O) groups is 1. The van der Waals surface area contributed by atoms with Crippen molar-refractivity contribution in [3.63, 3.8) is 0 Å². The number of fused-ring (bicyclic) bond motifs is 1. The Morgan fingerprint density at radius 3 is 2.44 bits per heavy atom. The summed E-state index contributed by atoms with van der Waals surface area (Å²) in [6.07, 6.45) is 3.57. The second-order valence-corrected chi connectivity index (χ2v) is 9.10. The molecule has 34 heavy (non-hydrogen) atoms. The zero-order valence-corrected chi connectivity index (χ0v) is 18.7. The van der Waals surface area contributed by atoms with E-state index in [-0.39, 0.29) is 23.0 Å². The average Bonchev–Trinajstić information content (AvgIpc) is 3.49. The second-order valence-electron chi connectivity index (χ2n) is 9.10. The maximum Gasteiger partial charge on any atom is 0.275 e. The number of rotatable bonds is 5. The Labute approximate surface area is 197 Å². The zero-order valence-electron chi connectivity index (χ0n) is 18.7. The van der Waals surface area contributed by atoms with Crippen molar-refractivity contribution in [1.29, 1.82) is 0 Å². The molecule has 2 fully saturated rings. The lowest BCUT2D eigenvalue weighted by molar-refractivity contribution is -0.123. The zero-order chi connectivity index (χ0) is 23.1. The summed E-state index contributed by atoms with van der Waals surface area (Å²) < 4.78 is 1.32. The molecule has 2 aliphatic rings. The number of carbonyl (C=O) groups excluding carboxylic acids is 1. The van der Waals surface area contributed by atoms with Crippen molar-refractivity contribution in [2.24, 2.45) is 0 Å². The van der Waals surface area contributed by atoms with E-state index in [0.717, 1.165) is 43.4 Å². The largest absolute Gasteiger partial charge is 0.345 e. The molecule has 1 amide bonds. The van der Waals surface area contributed by atoms with E-state index in [1.807, 2.05) is 59.5 Å². The van der Waals surface area contributed by atoms with Crippen molar-refractivity contribution in [2.45, 2.75) is 37.3 Å². The highest BCUT2D eigenvalue weighted by Crippen LogP contribution is 2.45. The van der Waals surface area contributed by atoms with Gasteiger partial charge < -0.3 is 10.2 Å². The number of nitrogens with zero attached hydrogens (tertiary/aromatic N) is 4. The Bertz CT molecular complexity index is 1410. The first-order chi connectivity index (χ1) is 16.6. The fourth-order valence-corrected chi connectivity index (χ4v) is 4.90. The van der Waals surface area contributed by atoms with Gasteiger partial charge in [0.15, 0.2) is 5.65 Å². The van der Waals surface area contributed by atoms with Crippen LogP contribution in [0.1, 0.15) is 31.2 Å². The Balaban J connectivity index is 1.27. The van der Waals surface area contributed by atoms with Gasteiger partial charge >= 0.3 is 0 Å². The van der Waals surface area contributed by atoms with Crippen LogP contribution >= 0.6 is 0 Å². The van der Waals surface area contributed by atoms with Crippen LogP contribution in [0.3, 0.4) is 0 Å². The highest BCUT2D eigenvalue weighted by molar-refractivity contribution is 5.86. The number of benzene rings is 2. The molecule has 2 aromatic heterocycles. The van der Waals surface area contributed by atoms with Gasteiger partial charge in [-0.05, 0) is 43.4 Å². The van der Waals surface area contributed by atoms with E-state index in [9.17, 15) is 9.59 Å². The highest BCUT2D eigenvalue weighted by atomic mass is 16.2. The second kappa shape index (κ2) is 8.09. The quantitative estimate of drug-likeness (QED) is 0.502. The summed E-state index contributed by atoms with van der Waals surface area (Å²) in [5, 5.41) is 7.89. The van der Waals surface area contributed by atoms with E-state index < -0.39 is 0 Å². The molecule has 2 aromatic carbocycles. The van der Waals surface area contributed by atoms with Gasteiger partial charge in [0.1, 0.15) is 11.9 Å². The van der Waals surface area contributed by atoms with Gasteiger partial charge in [0.05, 0.1) is 11.2 Å². The van der Waals surface area contributed by atoms with Crippen LogP contribution in [-0.2, 0) is 10.3 Å². The van der Waals surface area contributed by atoms with E-state index in [0.29, 0.717) is 17.2 Å². The minimum absolute atomic E-state index is 0.0191. The molecule has 1 atom stereocenters. The van der Waals surface area contributed by atoms with Crippen LogP contribution in [0.25, 0.3) is 16.9 Å². The summed E-state index contributed by atoms with van der Waals surface area (Å²) in [5.41, 5.74) is 2.65. The number of nitrogens with one attached hydrogen (secondary N) is 1. The normalized spacial score (nSPS) is 18.7. The van der Waals surface area contributed by atoms with Gasteiger partial charge in [-0.15, -0.1) is 5.10 Å². The minimum atomic E-state index is -0.307. The summed E-state index contributed by atoms with van der Waals surface area (Å²) >= 11 is 0. The van der Waals surface area contributed by atoms with Crippen LogP contribution < -0.4 is 15.8 Å². The van der Waals surface area contributed by atoms with Crippen LogP contribution in [0.15, 0.2) is 83.7 Å². The van der Waals surface area contributed by atoms with Crippen molar-refractivity contribution >= 4 is 17.4 Å². The van der Waals surface area contributed by atoms with Gasteiger partial charge in [0.2, 0.25) is 5.91 Å². The molecule has 1 N–H and O–H groups in total. The Kier molecular flexibility index (Phi) is 4.90. The number of hydrogen-bond acceptors (Lipinski definition) is 5. The molecule has 1 aliphatic carbocycles. The molecule has 1 saturated carbocycles. The molecule has 3 heterocycles.